The van der Waals surface area contributed by atoms with Crippen LogP contribution in [-0.2, 0) is 0 Å². The first kappa shape index (κ1) is 14.9. The Kier molecular flexibility index (Phi) is 6.61. The zero-order valence-corrected chi connectivity index (χ0v) is 17.0. The monoisotopic (exact) mass is 594 g/mol. The van der Waals surface area contributed by atoms with Crippen molar-refractivity contribution in [2.24, 2.45) is 0 Å². The van der Waals surface area contributed by atoms with Crippen molar-refractivity contribution in [1.29, 1.82) is 0 Å². The minimum atomic E-state index is -0.330. The fraction of sp³-hybridized carbons (Fsp3) is 0. The standard InChI is InChI=1S/C14H8Br2Te2/c15-11-1-5-13(6-2-11)17-9-10-18-14-7-3-12(16)4-8-14/h1-8H. The number of halogens is 2. The van der Waals surface area contributed by atoms with Crippen LogP contribution < -0.4 is 7.22 Å². The summed E-state index contributed by atoms with van der Waals surface area (Å²) in [6, 6.07) is 17.0. The minimum absolute atomic E-state index is 0.330. The van der Waals surface area contributed by atoms with Gasteiger partial charge in [0.15, 0.2) is 0 Å². The summed E-state index contributed by atoms with van der Waals surface area (Å²) in [5.41, 5.74) is 0. The second-order valence-electron chi connectivity index (χ2n) is 3.32. The molecule has 0 fully saturated rings. The van der Waals surface area contributed by atoms with Crippen molar-refractivity contribution in [1.82, 2.24) is 0 Å². The molecule has 18 heavy (non-hydrogen) atoms. The van der Waals surface area contributed by atoms with Crippen molar-refractivity contribution in [3.63, 3.8) is 0 Å². The molecule has 0 saturated heterocycles. The molecule has 2 aromatic carbocycles. The van der Waals surface area contributed by atoms with Crippen molar-refractivity contribution in [2.45, 2.75) is 0 Å². The van der Waals surface area contributed by atoms with Crippen LogP contribution in [0, 0.1) is 7.94 Å². The average Bonchev–Trinajstić information content (AvgIpc) is 2.39. The summed E-state index contributed by atoms with van der Waals surface area (Å²) in [5, 5.41) is 0. The third-order valence-electron chi connectivity index (χ3n) is 2.01. The molecule has 0 atom stereocenters. The van der Waals surface area contributed by atoms with E-state index in [0.29, 0.717) is 0 Å². The molecule has 90 valence electrons. The van der Waals surface area contributed by atoms with E-state index in [-0.39, 0.29) is 41.8 Å². The molecule has 0 spiro atoms. The first-order valence-electron chi connectivity index (χ1n) is 5.09. The van der Waals surface area contributed by atoms with Gasteiger partial charge in [-0.05, 0) is 0 Å². The van der Waals surface area contributed by atoms with Gasteiger partial charge in [-0.15, -0.1) is 0 Å². The van der Waals surface area contributed by atoms with Crippen LogP contribution in [0.5, 0.6) is 0 Å². The molecule has 0 saturated carbocycles. The molecule has 0 aliphatic carbocycles. The van der Waals surface area contributed by atoms with Crippen LogP contribution in [0.4, 0.5) is 0 Å². The molecule has 4 heteroatoms. The molecule has 2 rings (SSSR count). The second-order valence-corrected chi connectivity index (χ2v) is 10.2. The van der Waals surface area contributed by atoms with Gasteiger partial charge in [-0.2, -0.15) is 0 Å². The molecule has 0 aromatic heterocycles. The second kappa shape index (κ2) is 7.97. The van der Waals surface area contributed by atoms with Crippen LogP contribution in [0.1, 0.15) is 0 Å². The van der Waals surface area contributed by atoms with Crippen LogP contribution in [-0.4, -0.2) is 41.8 Å². The van der Waals surface area contributed by atoms with E-state index >= 15 is 0 Å². The Labute approximate surface area is 144 Å². The van der Waals surface area contributed by atoms with E-state index in [2.05, 4.69) is 88.3 Å². The summed E-state index contributed by atoms with van der Waals surface area (Å²) in [4.78, 5) is 0. The molecular formula is C14H8Br2Te2. The first-order valence-corrected chi connectivity index (χ1v) is 11.3. The summed E-state index contributed by atoms with van der Waals surface area (Å²) >= 11 is 6.23. The van der Waals surface area contributed by atoms with E-state index in [1.54, 1.807) is 0 Å². The van der Waals surface area contributed by atoms with Crippen LogP contribution in [0.3, 0.4) is 0 Å². The SMILES string of the molecule is Brc1ccc([Te]C#C[Te]c2ccc(Br)cc2)cc1. The van der Waals surface area contributed by atoms with E-state index in [9.17, 15) is 0 Å². The number of hydrogen-bond donors (Lipinski definition) is 0. The summed E-state index contributed by atoms with van der Waals surface area (Å²) < 4.78 is 11.9. The molecule has 0 radical (unpaired) electrons. The zero-order chi connectivity index (χ0) is 12.8. The van der Waals surface area contributed by atoms with Gasteiger partial charge in [0.05, 0.1) is 0 Å². The van der Waals surface area contributed by atoms with E-state index in [4.69, 9.17) is 0 Å². The molecule has 2 aromatic rings. The van der Waals surface area contributed by atoms with Crippen molar-refractivity contribution in [2.75, 3.05) is 0 Å². The summed E-state index contributed by atoms with van der Waals surface area (Å²) in [5.74, 6) is 0. The molecule has 0 N–H and O–H groups in total. The zero-order valence-electron chi connectivity index (χ0n) is 9.19. The van der Waals surface area contributed by atoms with E-state index in [1.807, 2.05) is 0 Å². The molecule has 0 bridgehead atoms. The van der Waals surface area contributed by atoms with Gasteiger partial charge in [0.2, 0.25) is 0 Å². The molecule has 0 aliphatic heterocycles. The van der Waals surface area contributed by atoms with Gasteiger partial charge >= 0.3 is 146 Å². The predicted octanol–water partition coefficient (Wildman–Crippen LogP) is 2.49. The Morgan fingerprint density at radius 2 is 0.944 bits per heavy atom. The van der Waals surface area contributed by atoms with Gasteiger partial charge in [-0.1, -0.05) is 0 Å². The van der Waals surface area contributed by atoms with Gasteiger partial charge in [0, 0.05) is 0 Å². The predicted molar refractivity (Wildman–Crippen MR) is 86.8 cm³/mol. The van der Waals surface area contributed by atoms with Crippen molar-refractivity contribution >= 4 is 80.9 Å². The van der Waals surface area contributed by atoms with Crippen molar-refractivity contribution in [3.05, 3.63) is 57.5 Å². The number of rotatable bonds is 2. The van der Waals surface area contributed by atoms with Crippen LogP contribution in [0.2, 0.25) is 0 Å². The van der Waals surface area contributed by atoms with Crippen molar-refractivity contribution < 1.29 is 0 Å². The Morgan fingerprint density at radius 3 is 1.28 bits per heavy atom. The van der Waals surface area contributed by atoms with E-state index < -0.39 is 0 Å². The molecule has 0 nitrogen and oxygen atoms in total. The van der Waals surface area contributed by atoms with Crippen LogP contribution >= 0.6 is 31.9 Å². The van der Waals surface area contributed by atoms with Crippen LogP contribution in [0.15, 0.2) is 57.5 Å². The Balaban J connectivity index is 1.89. The van der Waals surface area contributed by atoms with Gasteiger partial charge in [-0.25, -0.2) is 0 Å². The van der Waals surface area contributed by atoms with E-state index in [0.717, 1.165) is 8.95 Å². The third kappa shape index (κ3) is 5.27. The fourth-order valence-corrected chi connectivity index (χ4v) is 5.75. The maximum atomic E-state index is 3.44. The summed E-state index contributed by atoms with van der Waals surface area (Å²) in [6.07, 6.45) is 0. The fourth-order valence-electron chi connectivity index (χ4n) is 1.16. The molecule has 0 amide bonds. The summed E-state index contributed by atoms with van der Waals surface area (Å²) in [6.45, 7) is 0. The Bertz CT molecular complexity index is 514. The van der Waals surface area contributed by atoms with Gasteiger partial charge in [0.25, 0.3) is 0 Å². The molecule has 0 unspecified atom stereocenters. The Hall–Kier alpha value is 0.539. The molecule has 0 heterocycles. The van der Waals surface area contributed by atoms with Crippen molar-refractivity contribution in [3.8, 4) is 7.94 Å². The first-order chi connectivity index (χ1) is 8.74. The number of benzene rings is 2. The van der Waals surface area contributed by atoms with E-state index in [1.165, 1.54) is 7.22 Å². The quantitative estimate of drug-likeness (QED) is 0.373. The summed E-state index contributed by atoms with van der Waals surface area (Å²) in [7, 11) is 0. The molecule has 0 aliphatic rings. The van der Waals surface area contributed by atoms with Gasteiger partial charge < -0.3 is 0 Å². The normalized spacial score (nSPS) is 9.67. The van der Waals surface area contributed by atoms with Gasteiger partial charge in [-0.3, -0.25) is 0 Å². The third-order valence-corrected chi connectivity index (χ3v) is 8.38. The van der Waals surface area contributed by atoms with Crippen LogP contribution in [0.25, 0.3) is 0 Å². The average molecular weight is 591 g/mol. The topological polar surface area (TPSA) is 0 Å². The molecular weight excluding hydrogens is 583 g/mol. The Morgan fingerprint density at radius 1 is 0.611 bits per heavy atom. The van der Waals surface area contributed by atoms with Gasteiger partial charge in [0.1, 0.15) is 0 Å². The number of hydrogen-bond acceptors (Lipinski definition) is 0. The maximum absolute atomic E-state index is 3.44.